The summed E-state index contributed by atoms with van der Waals surface area (Å²) in [7, 11) is 0.202. The van der Waals surface area contributed by atoms with Gasteiger partial charge < -0.3 is 9.47 Å². The predicted octanol–water partition coefficient (Wildman–Crippen LogP) is 2.33. The highest BCUT2D eigenvalue weighted by Crippen LogP contribution is 2.25. The van der Waals surface area contributed by atoms with Crippen molar-refractivity contribution in [2.24, 2.45) is 0 Å². The van der Waals surface area contributed by atoms with Crippen LogP contribution in [0, 0.1) is 0 Å². The van der Waals surface area contributed by atoms with Crippen molar-refractivity contribution in [1.82, 2.24) is 4.31 Å². The smallest absolute Gasteiger partial charge is 0.406 e. The van der Waals surface area contributed by atoms with Crippen LogP contribution >= 0.6 is 0 Å². The predicted molar refractivity (Wildman–Crippen MR) is 66.5 cm³/mol. The summed E-state index contributed by atoms with van der Waals surface area (Å²) in [5.74, 6) is -0.325. The van der Waals surface area contributed by atoms with Gasteiger partial charge in [-0.05, 0) is 30.7 Å². The monoisotopic (exact) mass is 309 g/mol. The quantitative estimate of drug-likeness (QED) is 0.857. The molecule has 1 aromatic carbocycles. The van der Waals surface area contributed by atoms with Crippen molar-refractivity contribution in [3.05, 3.63) is 24.3 Å². The van der Waals surface area contributed by atoms with E-state index in [-0.39, 0.29) is 11.9 Å². The third kappa shape index (κ3) is 3.94. The fourth-order valence-corrected chi connectivity index (χ4v) is 3.19. The van der Waals surface area contributed by atoms with Gasteiger partial charge in [-0.25, -0.2) is 8.51 Å². The van der Waals surface area contributed by atoms with E-state index in [9.17, 15) is 17.4 Å². The van der Waals surface area contributed by atoms with E-state index in [2.05, 4.69) is 4.74 Å². The first-order chi connectivity index (χ1) is 9.39. The summed E-state index contributed by atoms with van der Waals surface area (Å²) in [5, 5.41) is 0. The summed E-state index contributed by atoms with van der Waals surface area (Å²) in [6.07, 6.45) is -3.88. The number of halogens is 3. The molecule has 0 bridgehead atoms. The molecule has 1 aliphatic rings. The van der Waals surface area contributed by atoms with E-state index in [1.807, 2.05) is 0 Å². The maximum absolute atomic E-state index is 12.2. The summed E-state index contributed by atoms with van der Waals surface area (Å²) < 4.78 is 59.0. The summed E-state index contributed by atoms with van der Waals surface area (Å²) in [4.78, 5) is 0.441. The van der Waals surface area contributed by atoms with Gasteiger partial charge in [0.15, 0.2) is 0 Å². The third-order valence-corrected chi connectivity index (χ3v) is 4.41. The Morgan fingerprint density at radius 3 is 2.45 bits per heavy atom. The molecule has 8 heteroatoms. The Morgan fingerprint density at radius 1 is 1.30 bits per heavy atom. The van der Waals surface area contributed by atoms with Gasteiger partial charge in [-0.2, -0.15) is 0 Å². The van der Waals surface area contributed by atoms with E-state index in [1.165, 1.54) is 12.1 Å². The Hall–Kier alpha value is -1.12. The average Bonchev–Trinajstić information content (AvgIpc) is 2.85. The maximum atomic E-state index is 12.2. The molecule has 1 unspecified atom stereocenters. The van der Waals surface area contributed by atoms with Crippen molar-refractivity contribution < 1.29 is 26.9 Å². The lowest BCUT2D eigenvalue weighted by Gasteiger charge is -2.15. The minimum Gasteiger partial charge on any atom is -0.406 e. The van der Waals surface area contributed by atoms with Gasteiger partial charge in [-0.1, -0.05) is 0 Å². The van der Waals surface area contributed by atoms with Crippen molar-refractivity contribution >= 4 is 11.0 Å². The van der Waals surface area contributed by atoms with E-state index < -0.39 is 17.3 Å². The maximum Gasteiger partial charge on any atom is 0.573 e. The second-order valence-corrected chi connectivity index (χ2v) is 5.79. The van der Waals surface area contributed by atoms with Gasteiger partial charge >= 0.3 is 6.36 Å². The zero-order valence-electron chi connectivity index (χ0n) is 10.7. The first-order valence-corrected chi connectivity index (χ1v) is 7.05. The molecule has 20 heavy (non-hydrogen) atoms. The second kappa shape index (κ2) is 6.11. The lowest BCUT2D eigenvalue weighted by molar-refractivity contribution is -0.274. The topological polar surface area (TPSA) is 38.8 Å². The zero-order valence-corrected chi connectivity index (χ0v) is 11.5. The van der Waals surface area contributed by atoms with Crippen LogP contribution in [0.15, 0.2) is 29.2 Å². The van der Waals surface area contributed by atoms with Crippen molar-refractivity contribution in [1.29, 1.82) is 0 Å². The SMILES string of the molecule is CO[C@H]1CCN(S(=O)c2ccc(OC(F)(F)F)cc2)C1. The third-order valence-electron chi connectivity index (χ3n) is 2.93. The van der Waals surface area contributed by atoms with Crippen LogP contribution < -0.4 is 4.74 Å². The Kier molecular flexibility index (Phi) is 4.66. The van der Waals surface area contributed by atoms with Crippen LogP contribution in [-0.4, -0.2) is 41.2 Å². The molecule has 1 fully saturated rings. The molecular weight excluding hydrogens is 295 g/mol. The van der Waals surface area contributed by atoms with E-state index >= 15 is 0 Å². The number of rotatable bonds is 4. The lowest BCUT2D eigenvalue weighted by Crippen LogP contribution is -2.25. The highest BCUT2D eigenvalue weighted by atomic mass is 32.2. The summed E-state index contributed by atoms with van der Waals surface area (Å²) in [6.45, 7) is 1.18. The molecule has 0 aromatic heterocycles. The van der Waals surface area contributed by atoms with Gasteiger partial charge in [0.2, 0.25) is 0 Å². The molecule has 0 aliphatic carbocycles. The minimum atomic E-state index is -4.72. The molecule has 0 N–H and O–H groups in total. The molecule has 0 saturated carbocycles. The Labute approximate surface area is 117 Å². The van der Waals surface area contributed by atoms with Gasteiger partial charge in [-0.3, -0.25) is 0 Å². The van der Waals surface area contributed by atoms with Crippen LogP contribution in [0.4, 0.5) is 13.2 Å². The molecule has 1 heterocycles. The molecule has 112 valence electrons. The molecular formula is C12H14F3NO3S. The normalized spacial score (nSPS) is 21.9. The average molecular weight is 309 g/mol. The van der Waals surface area contributed by atoms with Crippen LogP contribution in [0.25, 0.3) is 0 Å². The van der Waals surface area contributed by atoms with E-state index in [0.717, 1.165) is 18.6 Å². The Morgan fingerprint density at radius 2 is 1.95 bits per heavy atom. The minimum absolute atomic E-state index is 0.0479. The molecule has 0 amide bonds. The Balaban J connectivity index is 2.01. The molecule has 2 atom stereocenters. The summed E-state index contributed by atoms with van der Waals surface area (Å²) >= 11 is 0. The fraction of sp³-hybridized carbons (Fsp3) is 0.500. The number of hydrogen-bond acceptors (Lipinski definition) is 3. The van der Waals surface area contributed by atoms with Crippen LogP contribution in [0.2, 0.25) is 0 Å². The highest BCUT2D eigenvalue weighted by molar-refractivity contribution is 7.82. The van der Waals surface area contributed by atoms with Crippen LogP contribution in [0.1, 0.15) is 6.42 Å². The molecule has 1 saturated heterocycles. The Bertz CT molecular complexity index is 478. The number of ether oxygens (including phenoxy) is 2. The van der Waals surface area contributed by atoms with Crippen molar-refractivity contribution in [2.45, 2.75) is 23.8 Å². The van der Waals surface area contributed by atoms with E-state index in [0.29, 0.717) is 18.0 Å². The van der Waals surface area contributed by atoms with E-state index in [1.54, 1.807) is 11.4 Å². The highest BCUT2D eigenvalue weighted by Gasteiger charge is 2.31. The molecule has 0 spiro atoms. The first-order valence-electron chi connectivity index (χ1n) is 5.94. The summed E-state index contributed by atoms with van der Waals surface area (Å²) in [5.41, 5.74) is 0. The molecule has 1 aliphatic heterocycles. The van der Waals surface area contributed by atoms with Gasteiger partial charge in [-0.15, -0.1) is 13.2 Å². The fourth-order valence-electron chi connectivity index (χ4n) is 1.95. The molecule has 4 nitrogen and oxygen atoms in total. The number of nitrogens with zero attached hydrogens (tertiary/aromatic N) is 1. The number of alkyl halides is 3. The lowest BCUT2D eigenvalue weighted by atomic mass is 10.3. The zero-order chi connectivity index (χ0) is 14.8. The van der Waals surface area contributed by atoms with Gasteiger partial charge in [0.1, 0.15) is 16.7 Å². The number of benzene rings is 1. The number of hydrogen-bond donors (Lipinski definition) is 0. The first kappa shape index (κ1) is 15.3. The van der Waals surface area contributed by atoms with Crippen LogP contribution in [0.5, 0.6) is 5.75 Å². The van der Waals surface area contributed by atoms with Gasteiger partial charge in [0.05, 0.1) is 11.0 Å². The van der Waals surface area contributed by atoms with Gasteiger partial charge in [0.25, 0.3) is 0 Å². The van der Waals surface area contributed by atoms with Gasteiger partial charge in [0, 0.05) is 20.2 Å². The molecule has 2 rings (SSSR count). The molecule has 1 aromatic rings. The standard InChI is InChI=1S/C12H14F3NO3S/c1-18-10-6-7-16(8-10)20(17)11-4-2-9(3-5-11)19-12(13,14)15/h2-5,10H,6-8H2,1H3/t10-,20?/m0/s1. The van der Waals surface area contributed by atoms with Crippen LogP contribution in [0.3, 0.4) is 0 Å². The van der Waals surface area contributed by atoms with Crippen LogP contribution in [-0.2, 0) is 15.7 Å². The second-order valence-electron chi connectivity index (χ2n) is 4.30. The van der Waals surface area contributed by atoms with E-state index in [4.69, 9.17) is 4.74 Å². The number of methoxy groups -OCH3 is 1. The molecule has 0 radical (unpaired) electrons. The summed E-state index contributed by atoms with van der Waals surface area (Å²) in [6, 6.07) is 5.06. The largest absolute Gasteiger partial charge is 0.573 e. The van der Waals surface area contributed by atoms with Crippen molar-refractivity contribution in [3.63, 3.8) is 0 Å². The van der Waals surface area contributed by atoms with Crippen molar-refractivity contribution in [3.8, 4) is 5.75 Å². The van der Waals surface area contributed by atoms with Crippen molar-refractivity contribution in [2.75, 3.05) is 20.2 Å².